The van der Waals surface area contributed by atoms with E-state index in [9.17, 15) is 9.18 Å². The van der Waals surface area contributed by atoms with Gasteiger partial charge in [-0.3, -0.25) is 4.79 Å². The van der Waals surface area contributed by atoms with Crippen LogP contribution in [-0.2, 0) is 6.42 Å². The Kier molecular flexibility index (Phi) is 5.24. The van der Waals surface area contributed by atoms with Crippen molar-refractivity contribution in [3.05, 3.63) is 85.5 Å². The fourth-order valence-corrected chi connectivity index (χ4v) is 2.82. The van der Waals surface area contributed by atoms with E-state index in [1.807, 2.05) is 13.0 Å². The maximum atomic E-state index is 15.0. The van der Waals surface area contributed by atoms with Crippen molar-refractivity contribution in [3.8, 4) is 17.6 Å². The zero-order valence-electron chi connectivity index (χ0n) is 14.6. The summed E-state index contributed by atoms with van der Waals surface area (Å²) in [6.45, 7) is 3.47. The Morgan fingerprint density at radius 3 is 2.74 bits per heavy atom. The van der Waals surface area contributed by atoms with E-state index in [1.165, 1.54) is 12.1 Å². The van der Waals surface area contributed by atoms with Crippen molar-refractivity contribution in [2.45, 2.75) is 20.3 Å². The van der Waals surface area contributed by atoms with Crippen LogP contribution in [0.4, 0.5) is 4.39 Å². The summed E-state index contributed by atoms with van der Waals surface area (Å²) in [5, 5.41) is 15.5. The fraction of sp³-hybridized carbons (Fsp3) is 0.150. The van der Waals surface area contributed by atoms with Gasteiger partial charge in [-0.1, -0.05) is 17.7 Å². The van der Waals surface area contributed by atoms with Crippen molar-refractivity contribution in [3.63, 3.8) is 0 Å². The number of ether oxygens (including phenoxy) is 1. The molecule has 0 radical (unpaired) electrons. The number of nitrogens with one attached hydrogen (secondary N) is 1. The van der Waals surface area contributed by atoms with Crippen molar-refractivity contribution in [2.75, 3.05) is 0 Å². The number of H-pyrrole nitrogens is 1. The van der Waals surface area contributed by atoms with E-state index < -0.39 is 5.82 Å². The molecule has 5 nitrogen and oxygen atoms in total. The molecule has 0 saturated heterocycles. The lowest BCUT2D eigenvalue weighted by atomic mass is 10.1. The van der Waals surface area contributed by atoms with E-state index in [1.54, 1.807) is 31.2 Å². The van der Waals surface area contributed by atoms with Crippen LogP contribution in [0.5, 0.6) is 11.5 Å². The van der Waals surface area contributed by atoms with Crippen LogP contribution in [0.15, 0.2) is 41.2 Å². The first-order chi connectivity index (χ1) is 12.9. The Bertz CT molecular complexity index is 1120. The lowest BCUT2D eigenvalue weighted by molar-refractivity contribution is 0.439. The molecule has 0 atom stereocenters. The normalized spacial score (nSPS) is 10.5. The molecule has 0 spiro atoms. The summed E-state index contributed by atoms with van der Waals surface area (Å²) in [4.78, 5) is 11.4. The second kappa shape index (κ2) is 7.60. The summed E-state index contributed by atoms with van der Waals surface area (Å²) in [5.74, 6) is -0.416. The van der Waals surface area contributed by atoms with E-state index in [-0.39, 0.29) is 22.8 Å². The van der Waals surface area contributed by atoms with Gasteiger partial charge in [-0.2, -0.15) is 10.4 Å². The quantitative estimate of drug-likeness (QED) is 0.722. The third kappa shape index (κ3) is 4.15. The number of aromatic amines is 1. The standard InChI is InChI=1S/C20H15ClFN3O2/c1-11-5-13(10-23)8-16(6-11)27-19-17(21)4-3-14(18(19)22)9-15-7-12(2)20(26)25-24-15/h3-8H,9H2,1-2H3,(H,25,26). The molecular formula is C20H15ClFN3O2. The average molecular weight is 384 g/mol. The Morgan fingerprint density at radius 1 is 1.26 bits per heavy atom. The highest BCUT2D eigenvalue weighted by Crippen LogP contribution is 2.35. The molecule has 3 rings (SSSR count). The van der Waals surface area contributed by atoms with E-state index in [2.05, 4.69) is 10.2 Å². The van der Waals surface area contributed by atoms with E-state index in [0.717, 1.165) is 5.56 Å². The number of rotatable bonds is 4. The SMILES string of the molecule is Cc1cc(C#N)cc(Oc2c(Cl)ccc(Cc3cc(C)c(=O)[nH]n3)c2F)c1. The van der Waals surface area contributed by atoms with Crippen molar-refractivity contribution in [2.24, 2.45) is 0 Å². The van der Waals surface area contributed by atoms with Crippen LogP contribution in [0.1, 0.15) is 27.9 Å². The predicted molar refractivity (Wildman–Crippen MR) is 99.8 cm³/mol. The molecule has 3 aromatic rings. The molecule has 1 heterocycles. The molecule has 0 aliphatic carbocycles. The maximum absolute atomic E-state index is 15.0. The minimum absolute atomic E-state index is 0.113. The largest absolute Gasteiger partial charge is 0.453 e. The third-order valence-electron chi connectivity index (χ3n) is 3.94. The van der Waals surface area contributed by atoms with Crippen LogP contribution < -0.4 is 10.3 Å². The monoisotopic (exact) mass is 383 g/mol. The van der Waals surface area contributed by atoms with Crippen molar-refractivity contribution in [1.29, 1.82) is 5.26 Å². The van der Waals surface area contributed by atoms with Crippen LogP contribution in [0.3, 0.4) is 0 Å². The molecule has 0 saturated carbocycles. The molecule has 0 aliphatic rings. The number of benzene rings is 2. The van der Waals surface area contributed by atoms with Crippen LogP contribution in [0.2, 0.25) is 5.02 Å². The molecule has 1 N–H and O–H groups in total. The van der Waals surface area contributed by atoms with Gasteiger partial charge in [-0.05, 0) is 55.3 Å². The average Bonchev–Trinajstić information content (AvgIpc) is 2.63. The van der Waals surface area contributed by atoms with Crippen molar-refractivity contribution < 1.29 is 9.13 Å². The van der Waals surface area contributed by atoms with Gasteiger partial charge >= 0.3 is 0 Å². The van der Waals surface area contributed by atoms with E-state index >= 15 is 0 Å². The number of hydrogen-bond acceptors (Lipinski definition) is 4. The van der Waals surface area contributed by atoms with Crippen LogP contribution >= 0.6 is 11.6 Å². The van der Waals surface area contributed by atoms with Crippen LogP contribution in [0, 0.1) is 31.0 Å². The van der Waals surface area contributed by atoms with Crippen LogP contribution in [0.25, 0.3) is 0 Å². The molecule has 1 aromatic heterocycles. The zero-order chi connectivity index (χ0) is 19.6. The number of nitriles is 1. The lowest BCUT2D eigenvalue weighted by Gasteiger charge is -2.12. The first-order valence-electron chi connectivity index (χ1n) is 8.09. The minimum atomic E-state index is -0.617. The third-order valence-corrected chi connectivity index (χ3v) is 4.24. The highest BCUT2D eigenvalue weighted by molar-refractivity contribution is 6.32. The predicted octanol–water partition coefficient (Wildman–Crippen LogP) is 4.43. The summed E-state index contributed by atoms with van der Waals surface area (Å²) >= 11 is 6.12. The van der Waals surface area contributed by atoms with Gasteiger partial charge in [0.05, 0.1) is 22.3 Å². The smallest absolute Gasteiger partial charge is 0.267 e. The van der Waals surface area contributed by atoms with Crippen molar-refractivity contribution in [1.82, 2.24) is 10.2 Å². The first-order valence-corrected chi connectivity index (χ1v) is 8.47. The van der Waals surface area contributed by atoms with Gasteiger partial charge in [0.1, 0.15) is 5.75 Å². The Hall–Kier alpha value is -3.17. The Morgan fingerprint density at radius 2 is 2.04 bits per heavy atom. The second-order valence-corrected chi connectivity index (χ2v) is 6.55. The van der Waals surface area contributed by atoms with Crippen molar-refractivity contribution >= 4 is 11.6 Å². The van der Waals surface area contributed by atoms with Gasteiger partial charge in [0.2, 0.25) is 0 Å². The van der Waals surface area contributed by atoms with E-state index in [4.69, 9.17) is 21.6 Å². The molecule has 0 bridgehead atoms. The van der Waals surface area contributed by atoms with Gasteiger partial charge in [0.15, 0.2) is 11.6 Å². The first kappa shape index (κ1) is 18.6. The van der Waals surface area contributed by atoms with Gasteiger partial charge in [0, 0.05) is 12.0 Å². The molecule has 2 aromatic carbocycles. The number of aromatic nitrogens is 2. The summed E-state index contributed by atoms with van der Waals surface area (Å²) in [6.07, 6.45) is 0.161. The summed E-state index contributed by atoms with van der Waals surface area (Å²) in [7, 11) is 0. The maximum Gasteiger partial charge on any atom is 0.267 e. The lowest BCUT2D eigenvalue weighted by Crippen LogP contribution is -2.13. The highest BCUT2D eigenvalue weighted by atomic mass is 35.5. The number of nitrogens with zero attached hydrogens (tertiary/aromatic N) is 2. The molecule has 0 amide bonds. The van der Waals surface area contributed by atoms with E-state index in [0.29, 0.717) is 28.1 Å². The summed E-state index contributed by atoms with van der Waals surface area (Å²) in [6, 6.07) is 11.6. The van der Waals surface area contributed by atoms with Crippen LogP contribution in [-0.4, -0.2) is 10.2 Å². The zero-order valence-corrected chi connectivity index (χ0v) is 15.4. The van der Waals surface area contributed by atoms with Gasteiger partial charge in [0.25, 0.3) is 5.56 Å². The molecule has 0 unspecified atom stereocenters. The second-order valence-electron chi connectivity index (χ2n) is 6.15. The van der Waals surface area contributed by atoms with Gasteiger partial charge in [-0.25, -0.2) is 9.49 Å². The summed E-state index contributed by atoms with van der Waals surface area (Å²) < 4.78 is 20.6. The molecular weight excluding hydrogens is 369 g/mol. The molecule has 136 valence electrons. The summed E-state index contributed by atoms with van der Waals surface area (Å²) in [5.41, 5.74) is 2.26. The number of aryl methyl sites for hydroxylation is 2. The molecule has 27 heavy (non-hydrogen) atoms. The minimum Gasteiger partial charge on any atom is -0.453 e. The topological polar surface area (TPSA) is 78.8 Å². The Labute approximate surface area is 160 Å². The molecule has 7 heteroatoms. The fourth-order valence-electron chi connectivity index (χ4n) is 2.64. The highest BCUT2D eigenvalue weighted by Gasteiger charge is 2.16. The molecule has 0 fully saturated rings. The van der Waals surface area contributed by atoms with Gasteiger partial charge < -0.3 is 4.74 Å². The van der Waals surface area contributed by atoms with Gasteiger partial charge in [-0.15, -0.1) is 0 Å². The Balaban J connectivity index is 1.96. The number of hydrogen-bond donors (Lipinski definition) is 1. The number of halogens is 2. The molecule has 0 aliphatic heterocycles.